The number of carbonyl (C=O) groups excluding carboxylic acids is 1. The Morgan fingerprint density at radius 2 is 1.78 bits per heavy atom. The zero-order valence-electron chi connectivity index (χ0n) is 17.6. The smallest absolute Gasteiger partial charge is 0.410 e. The Hall–Kier alpha value is -0.690. The molecule has 1 saturated carbocycles. The van der Waals surface area contributed by atoms with E-state index in [1.54, 1.807) is 0 Å². The summed E-state index contributed by atoms with van der Waals surface area (Å²) >= 11 is 3.48. The lowest BCUT2D eigenvalue weighted by Crippen LogP contribution is -2.45. The molecule has 2 rings (SSSR count). The second-order valence-electron chi connectivity index (χ2n) is 9.15. The third-order valence-electron chi connectivity index (χ3n) is 5.70. The molecule has 1 aliphatic carbocycles. The van der Waals surface area contributed by atoms with E-state index in [4.69, 9.17) is 4.74 Å². The summed E-state index contributed by atoms with van der Waals surface area (Å²) in [7, 11) is 0. The lowest BCUT2D eigenvalue weighted by molar-refractivity contribution is 0.0108. The maximum atomic E-state index is 12.8. The van der Waals surface area contributed by atoms with Crippen LogP contribution in [0.25, 0.3) is 0 Å². The highest BCUT2D eigenvalue weighted by atomic mass is 79.9. The molecular formula is C23H38BrNO2. The molecule has 154 valence electrons. The monoisotopic (exact) mass is 439 g/mol. The van der Waals surface area contributed by atoms with Crippen molar-refractivity contribution in [3.05, 3.63) is 0 Å². The number of likely N-dealkylation sites (tertiary alicyclic amines) is 1. The molecule has 2 fully saturated rings. The second-order valence-corrected chi connectivity index (χ2v) is 9.95. The minimum Gasteiger partial charge on any atom is -0.444 e. The molecule has 1 saturated heterocycles. The van der Waals surface area contributed by atoms with Gasteiger partial charge in [0.1, 0.15) is 5.60 Å². The molecule has 27 heavy (non-hydrogen) atoms. The topological polar surface area (TPSA) is 29.5 Å². The minimum atomic E-state index is -0.436. The Kier molecular flexibility index (Phi) is 9.50. The Morgan fingerprint density at radius 1 is 1.07 bits per heavy atom. The molecule has 0 N–H and O–H groups in total. The van der Waals surface area contributed by atoms with Gasteiger partial charge in [-0.1, -0.05) is 48.0 Å². The molecule has 1 aliphatic heterocycles. The van der Waals surface area contributed by atoms with E-state index in [1.165, 1.54) is 51.4 Å². The van der Waals surface area contributed by atoms with Gasteiger partial charge in [-0.05, 0) is 58.8 Å². The molecule has 1 heterocycles. The van der Waals surface area contributed by atoms with Gasteiger partial charge in [0.15, 0.2) is 0 Å². The fraction of sp³-hybridized carbons (Fsp3) is 0.870. The number of hydrogen-bond acceptors (Lipinski definition) is 2. The minimum absolute atomic E-state index is 0.129. The van der Waals surface area contributed by atoms with Crippen molar-refractivity contribution in [2.24, 2.45) is 5.92 Å². The summed E-state index contributed by atoms with van der Waals surface area (Å²) in [5.41, 5.74) is -0.436. The van der Waals surface area contributed by atoms with Crippen molar-refractivity contribution < 1.29 is 9.53 Å². The van der Waals surface area contributed by atoms with Crippen LogP contribution in [-0.4, -0.2) is 34.0 Å². The second kappa shape index (κ2) is 11.3. The van der Waals surface area contributed by atoms with Crippen LogP contribution in [0.5, 0.6) is 0 Å². The van der Waals surface area contributed by atoms with Gasteiger partial charge in [-0.25, -0.2) is 4.79 Å². The Bertz CT molecular complexity index is 517. The first-order valence-corrected chi connectivity index (χ1v) is 12.1. The average Bonchev–Trinajstić information content (AvgIpc) is 2.97. The van der Waals surface area contributed by atoms with Gasteiger partial charge >= 0.3 is 6.09 Å². The molecule has 4 heteroatoms. The highest BCUT2D eigenvalue weighted by molar-refractivity contribution is 9.09. The van der Waals surface area contributed by atoms with E-state index in [0.717, 1.165) is 31.0 Å². The van der Waals surface area contributed by atoms with Crippen LogP contribution in [-0.2, 0) is 4.74 Å². The molecule has 2 aliphatic rings. The number of unbranched alkanes of at least 4 members (excludes halogenated alkanes) is 5. The van der Waals surface area contributed by atoms with Gasteiger partial charge in [0.2, 0.25) is 0 Å². The van der Waals surface area contributed by atoms with Crippen molar-refractivity contribution in [2.75, 3.05) is 5.33 Å². The molecule has 0 spiro atoms. The quantitative estimate of drug-likeness (QED) is 0.251. The van der Waals surface area contributed by atoms with Crippen LogP contribution in [0.4, 0.5) is 4.79 Å². The zero-order chi connectivity index (χ0) is 19.7. The van der Waals surface area contributed by atoms with Crippen LogP contribution in [0.15, 0.2) is 0 Å². The van der Waals surface area contributed by atoms with Gasteiger partial charge in [0.05, 0.1) is 0 Å². The van der Waals surface area contributed by atoms with E-state index >= 15 is 0 Å². The normalized spacial score (nSPS) is 24.9. The highest BCUT2D eigenvalue weighted by Crippen LogP contribution is 2.41. The SMILES string of the molecule is CC(C)(C)OC(=O)N1[C@@H](CC#CCCCCCCCBr)C[C@H]2CCCC[C@H]21. The number of halogens is 1. The van der Waals surface area contributed by atoms with Crippen LogP contribution in [0.2, 0.25) is 0 Å². The number of amides is 1. The third kappa shape index (κ3) is 7.68. The highest BCUT2D eigenvalue weighted by Gasteiger charge is 2.45. The lowest BCUT2D eigenvalue weighted by Gasteiger charge is -2.35. The van der Waals surface area contributed by atoms with E-state index in [0.29, 0.717) is 12.0 Å². The third-order valence-corrected chi connectivity index (χ3v) is 6.26. The van der Waals surface area contributed by atoms with Crippen LogP contribution in [0, 0.1) is 17.8 Å². The molecule has 0 aromatic carbocycles. The predicted molar refractivity (Wildman–Crippen MR) is 116 cm³/mol. The average molecular weight is 440 g/mol. The summed E-state index contributed by atoms with van der Waals surface area (Å²) in [6.07, 6.45) is 14.0. The first-order valence-electron chi connectivity index (χ1n) is 11.0. The van der Waals surface area contributed by atoms with Gasteiger partial charge in [-0.2, -0.15) is 0 Å². The zero-order valence-corrected chi connectivity index (χ0v) is 19.2. The van der Waals surface area contributed by atoms with Gasteiger partial charge in [-0.15, -0.1) is 11.8 Å². The molecule has 0 bridgehead atoms. The molecule has 1 amide bonds. The Balaban J connectivity index is 1.84. The standard InChI is InChI=1S/C23H38BrNO2/c1-23(2,3)27-22(26)25-20(18-19-14-11-12-16-21(19)25)15-10-8-6-4-5-7-9-13-17-24/h19-21H,4-7,9,11-18H2,1-3H3/t19-,20+,21-/m1/s1. The number of ether oxygens (including phenoxy) is 1. The number of hydrogen-bond donors (Lipinski definition) is 0. The van der Waals surface area contributed by atoms with E-state index in [1.807, 2.05) is 20.8 Å². The molecule has 0 aromatic heterocycles. The largest absolute Gasteiger partial charge is 0.444 e. The van der Waals surface area contributed by atoms with E-state index in [-0.39, 0.29) is 12.1 Å². The maximum Gasteiger partial charge on any atom is 0.410 e. The van der Waals surface area contributed by atoms with Crippen molar-refractivity contribution >= 4 is 22.0 Å². The van der Waals surface area contributed by atoms with E-state index in [9.17, 15) is 4.79 Å². The van der Waals surface area contributed by atoms with Crippen molar-refractivity contribution in [3.63, 3.8) is 0 Å². The summed E-state index contributed by atoms with van der Waals surface area (Å²) in [4.78, 5) is 14.9. The Labute approximate surface area is 175 Å². The van der Waals surface area contributed by atoms with Crippen LogP contribution >= 0.6 is 15.9 Å². The number of fused-ring (bicyclic) bond motifs is 1. The number of alkyl halides is 1. The fourth-order valence-electron chi connectivity index (χ4n) is 4.46. The first-order chi connectivity index (χ1) is 12.9. The van der Waals surface area contributed by atoms with Gasteiger partial charge in [0.25, 0.3) is 0 Å². The summed E-state index contributed by atoms with van der Waals surface area (Å²) in [5, 5.41) is 1.12. The summed E-state index contributed by atoms with van der Waals surface area (Å²) in [6, 6.07) is 0.606. The molecule has 3 nitrogen and oxygen atoms in total. The van der Waals surface area contributed by atoms with E-state index < -0.39 is 5.60 Å². The fourth-order valence-corrected chi connectivity index (χ4v) is 4.86. The molecule has 0 unspecified atom stereocenters. The van der Waals surface area contributed by atoms with Crippen LogP contribution in [0.3, 0.4) is 0 Å². The first kappa shape index (κ1) is 22.6. The maximum absolute atomic E-state index is 12.8. The van der Waals surface area contributed by atoms with Crippen molar-refractivity contribution in [2.45, 2.75) is 116 Å². The Morgan fingerprint density at radius 3 is 2.52 bits per heavy atom. The summed E-state index contributed by atoms with van der Waals surface area (Å²) in [5.74, 6) is 7.38. The van der Waals surface area contributed by atoms with Crippen LogP contribution in [0.1, 0.15) is 97.8 Å². The molecule has 3 atom stereocenters. The number of rotatable bonds is 7. The van der Waals surface area contributed by atoms with Crippen molar-refractivity contribution in [3.8, 4) is 11.8 Å². The van der Waals surface area contributed by atoms with Crippen molar-refractivity contribution in [1.82, 2.24) is 4.90 Å². The number of nitrogens with zero attached hydrogens (tertiary/aromatic N) is 1. The van der Waals surface area contributed by atoms with Gasteiger partial charge < -0.3 is 9.64 Å². The van der Waals surface area contributed by atoms with Gasteiger partial charge in [0, 0.05) is 30.3 Å². The van der Waals surface area contributed by atoms with Crippen LogP contribution < -0.4 is 0 Å². The molecular weight excluding hydrogens is 402 g/mol. The molecule has 0 radical (unpaired) electrons. The predicted octanol–water partition coefficient (Wildman–Crippen LogP) is 6.68. The van der Waals surface area contributed by atoms with Crippen molar-refractivity contribution in [1.29, 1.82) is 0 Å². The molecule has 0 aromatic rings. The van der Waals surface area contributed by atoms with Gasteiger partial charge in [-0.3, -0.25) is 0 Å². The van der Waals surface area contributed by atoms with E-state index in [2.05, 4.69) is 32.7 Å². The number of carbonyl (C=O) groups is 1. The lowest BCUT2D eigenvalue weighted by atomic mass is 9.84. The summed E-state index contributed by atoms with van der Waals surface area (Å²) < 4.78 is 5.73. The summed E-state index contributed by atoms with van der Waals surface area (Å²) in [6.45, 7) is 5.85.